The first-order valence-electron chi connectivity index (χ1n) is 13.2. The van der Waals surface area contributed by atoms with E-state index >= 15 is 0 Å². The molecule has 1 unspecified atom stereocenters. The highest BCUT2D eigenvalue weighted by Gasteiger charge is 2.34. The van der Waals surface area contributed by atoms with Crippen molar-refractivity contribution in [3.8, 4) is 0 Å². The molecular weight excluding hydrogens is 502 g/mol. The van der Waals surface area contributed by atoms with Crippen LogP contribution in [0.15, 0.2) is 36.4 Å². The van der Waals surface area contributed by atoms with E-state index in [1.165, 1.54) is 0 Å². The fraction of sp³-hybridized carbons (Fsp3) is 0.500. The SMILES string of the molecule is CCCCCCN(C(=O)CNC(=O)OC(C)(C)C)C(C(=O)Nc1c(C)cccc1Cl)c1c(C)cccc1C. The second-order valence-electron chi connectivity index (χ2n) is 10.6. The summed E-state index contributed by atoms with van der Waals surface area (Å²) in [7, 11) is 0. The molecule has 7 nitrogen and oxygen atoms in total. The lowest BCUT2D eigenvalue weighted by Crippen LogP contribution is -2.47. The van der Waals surface area contributed by atoms with E-state index in [-0.39, 0.29) is 18.4 Å². The first kappa shape index (κ1) is 31.2. The monoisotopic (exact) mass is 543 g/mol. The molecule has 0 bridgehead atoms. The maximum Gasteiger partial charge on any atom is 0.408 e. The van der Waals surface area contributed by atoms with Crippen molar-refractivity contribution in [2.24, 2.45) is 0 Å². The van der Waals surface area contributed by atoms with Crippen LogP contribution in [0.5, 0.6) is 0 Å². The summed E-state index contributed by atoms with van der Waals surface area (Å²) in [5, 5.41) is 5.97. The van der Waals surface area contributed by atoms with Crippen LogP contribution in [0.25, 0.3) is 0 Å². The lowest BCUT2D eigenvalue weighted by atomic mass is 9.93. The van der Waals surface area contributed by atoms with Crippen LogP contribution in [0, 0.1) is 20.8 Å². The minimum absolute atomic E-state index is 0.289. The summed E-state index contributed by atoms with van der Waals surface area (Å²) in [4.78, 5) is 41.5. The normalized spacial score (nSPS) is 12.0. The number of carbonyl (C=O) groups excluding carboxylic acids is 3. The summed E-state index contributed by atoms with van der Waals surface area (Å²) in [6.07, 6.45) is 3.03. The quantitative estimate of drug-likeness (QED) is 0.302. The van der Waals surface area contributed by atoms with Gasteiger partial charge in [0.1, 0.15) is 18.2 Å². The molecule has 1 atom stereocenters. The van der Waals surface area contributed by atoms with E-state index in [2.05, 4.69) is 17.6 Å². The molecule has 0 aromatic heterocycles. The van der Waals surface area contributed by atoms with Gasteiger partial charge in [-0.15, -0.1) is 0 Å². The van der Waals surface area contributed by atoms with Crippen LogP contribution in [-0.2, 0) is 14.3 Å². The number of unbranched alkanes of at least 4 members (excludes halogenated alkanes) is 3. The third-order valence-electron chi connectivity index (χ3n) is 6.20. The van der Waals surface area contributed by atoms with Crippen molar-refractivity contribution in [3.05, 3.63) is 63.7 Å². The van der Waals surface area contributed by atoms with Crippen molar-refractivity contribution in [2.45, 2.75) is 85.8 Å². The van der Waals surface area contributed by atoms with Gasteiger partial charge < -0.3 is 20.3 Å². The average Bonchev–Trinajstić information content (AvgIpc) is 2.82. The lowest BCUT2D eigenvalue weighted by molar-refractivity contribution is -0.138. The first-order chi connectivity index (χ1) is 17.9. The predicted octanol–water partition coefficient (Wildman–Crippen LogP) is 6.88. The van der Waals surface area contributed by atoms with Gasteiger partial charge in [0.15, 0.2) is 0 Å². The number of nitrogens with one attached hydrogen (secondary N) is 2. The van der Waals surface area contributed by atoms with Gasteiger partial charge in [-0.25, -0.2) is 4.79 Å². The Balaban J connectivity index is 2.48. The summed E-state index contributed by atoms with van der Waals surface area (Å²) in [5.41, 5.74) is 3.19. The summed E-state index contributed by atoms with van der Waals surface area (Å²) in [6.45, 7) is 13.2. The Morgan fingerprint density at radius 1 is 0.947 bits per heavy atom. The van der Waals surface area contributed by atoms with Crippen molar-refractivity contribution < 1.29 is 19.1 Å². The van der Waals surface area contributed by atoms with Crippen molar-refractivity contribution in [1.29, 1.82) is 0 Å². The number of benzene rings is 2. The van der Waals surface area contributed by atoms with Gasteiger partial charge in [-0.3, -0.25) is 9.59 Å². The number of hydrogen-bond acceptors (Lipinski definition) is 4. The van der Waals surface area contributed by atoms with E-state index in [4.69, 9.17) is 16.3 Å². The number of alkyl carbamates (subject to hydrolysis) is 1. The molecule has 0 aliphatic heterocycles. The van der Waals surface area contributed by atoms with E-state index in [1.54, 1.807) is 31.7 Å². The lowest BCUT2D eigenvalue weighted by Gasteiger charge is -2.33. The number of aryl methyl sites for hydroxylation is 3. The first-order valence-corrected chi connectivity index (χ1v) is 13.6. The number of hydrogen-bond donors (Lipinski definition) is 2. The van der Waals surface area contributed by atoms with Crippen LogP contribution in [0.3, 0.4) is 0 Å². The zero-order valence-electron chi connectivity index (χ0n) is 23.7. The Labute approximate surface area is 232 Å². The highest BCUT2D eigenvalue weighted by atomic mass is 35.5. The molecule has 0 aliphatic rings. The number of ether oxygens (including phenoxy) is 1. The molecule has 2 aromatic rings. The summed E-state index contributed by atoms with van der Waals surface area (Å²) in [5.74, 6) is -0.731. The Morgan fingerprint density at radius 3 is 2.13 bits per heavy atom. The van der Waals surface area contributed by atoms with Gasteiger partial charge in [-0.1, -0.05) is 68.1 Å². The fourth-order valence-electron chi connectivity index (χ4n) is 4.34. The van der Waals surface area contributed by atoms with Gasteiger partial charge in [0.25, 0.3) is 5.91 Å². The molecule has 0 saturated heterocycles. The van der Waals surface area contributed by atoms with E-state index < -0.39 is 17.7 Å². The van der Waals surface area contributed by atoms with Crippen molar-refractivity contribution >= 4 is 35.2 Å². The van der Waals surface area contributed by atoms with Crippen LogP contribution < -0.4 is 10.6 Å². The predicted molar refractivity (Wildman–Crippen MR) is 154 cm³/mol. The zero-order chi connectivity index (χ0) is 28.5. The van der Waals surface area contributed by atoms with E-state index in [9.17, 15) is 14.4 Å². The summed E-state index contributed by atoms with van der Waals surface area (Å²) in [6, 6.07) is 10.3. The molecule has 8 heteroatoms. The molecule has 0 heterocycles. The third-order valence-corrected chi connectivity index (χ3v) is 6.52. The van der Waals surface area contributed by atoms with Crippen LogP contribution >= 0.6 is 11.6 Å². The zero-order valence-corrected chi connectivity index (χ0v) is 24.5. The number of nitrogens with zero attached hydrogens (tertiary/aromatic N) is 1. The van der Waals surface area contributed by atoms with Crippen molar-refractivity contribution in [3.63, 3.8) is 0 Å². The van der Waals surface area contributed by atoms with E-state index in [0.717, 1.165) is 47.9 Å². The molecule has 0 spiro atoms. The van der Waals surface area contributed by atoms with E-state index in [0.29, 0.717) is 17.3 Å². The number of amides is 3. The molecule has 38 heavy (non-hydrogen) atoms. The Hall–Kier alpha value is -3.06. The standard InChI is InChI=1S/C30H42ClN3O4/c1-8-9-10-11-18-34(24(35)19-32-29(37)38-30(5,6)7)27(25-20(2)14-12-15-21(25)3)28(36)33-26-22(4)16-13-17-23(26)31/h12-17,27H,8-11,18-19H2,1-7H3,(H,32,37)(H,33,36). The van der Waals surface area contributed by atoms with Gasteiger partial charge in [0, 0.05) is 6.54 Å². The molecule has 0 radical (unpaired) electrons. The Bertz CT molecular complexity index is 1090. The molecule has 2 rings (SSSR count). The molecular formula is C30H42ClN3O4. The van der Waals surface area contributed by atoms with Crippen LogP contribution in [0.1, 0.15) is 81.7 Å². The summed E-state index contributed by atoms with van der Waals surface area (Å²) >= 11 is 6.43. The molecule has 2 aromatic carbocycles. The van der Waals surface area contributed by atoms with Gasteiger partial charge in [0.05, 0.1) is 10.7 Å². The van der Waals surface area contributed by atoms with Crippen LogP contribution in [-0.4, -0.2) is 41.5 Å². The molecule has 0 saturated carbocycles. The molecule has 3 amide bonds. The third kappa shape index (κ3) is 9.05. The van der Waals surface area contributed by atoms with Gasteiger partial charge in [-0.2, -0.15) is 0 Å². The maximum atomic E-state index is 14.0. The molecule has 0 fully saturated rings. The number of para-hydroxylation sites is 1. The van der Waals surface area contributed by atoms with Gasteiger partial charge >= 0.3 is 6.09 Å². The molecule has 208 valence electrons. The highest BCUT2D eigenvalue weighted by Crippen LogP contribution is 2.32. The smallest absolute Gasteiger partial charge is 0.408 e. The van der Waals surface area contributed by atoms with E-state index in [1.807, 2.05) is 51.1 Å². The van der Waals surface area contributed by atoms with Gasteiger partial charge in [0.2, 0.25) is 5.91 Å². The Morgan fingerprint density at radius 2 is 1.55 bits per heavy atom. The van der Waals surface area contributed by atoms with Crippen molar-refractivity contribution in [2.75, 3.05) is 18.4 Å². The minimum atomic E-state index is -0.915. The largest absolute Gasteiger partial charge is 0.444 e. The van der Waals surface area contributed by atoms with Crippen LogP contribution in [0.4, 0.5) is 10.5 Å². The highest BCUT2D eigenvalue weighted by molar-refractivity contribution is 6.34. The molecule has 2 N–H and O–H groups in total. The maximum absolute atomic E-state index is 14.0. The van der Waals surface area contributed by atoms with Crippen molar-refractivity contribution in [1.82, 2.24) is 10.2 Å². The number of halogens is 1. The summed E-state index contributed by atoms with van der Waals surface area (Å²) < 4.78 is 5.30. The fourth-order valence-corrected chi connectivity index (χ4v) is 4.61. The topological polar surface area (TPSA) is 87.7 Å². The second kappa shape index (κ2) is 14.2. The van der Waals surface area contributed by atoms with Gasteiger partial charge in [-0.05, 0) is 76.3 Å². The number of rotatable bonds is 11. The molecule has 0 aliphatic carbocycles. The number of carbonyl (C=O) groups is 3. The minimum Gasteiger partial charge on any atom is -0.444 e. The average molecular weight is 544 g/mol. The number of anilines is 1. The van der Waals surface area contributed by atoms with Crippen LogP contribution in [0.2, 0.25) is 5.02 Å². The second-order valence-corrected chi connectivity index (χ2v) is 11.0. The Kier molecular flexibility index (Phi) is 11.6.